The molecule has 0 amide bonds. The lowest BCUT2D eigenvalue weighted by atomic mass is 10.2. The average molecular weight is 201 g/mol. The third-order valence-electron chi connectivity index (χ3n) is 1.25. The van der Waals surface area contributed by atoms with E-state index in [-0.39, 0.29) is 11.3 Å². The summed E-state index contributed by atoms with van der Waals surface area (Å²) in [5.74, 6) is -0.0694. The topological polar surface area (TPSA) is 86.5 Å². The molecular weight excluding hydrogens is 194 g/mol. The third-order valence-corrected chi connectivity index (χ3v) is 1.66. The number of benzene rings is 1. The van der Waals surface area contributed by atoms with Crippen molar-refractivity contribution in [3.8, 4) is 5.75 Å². The molecule has 0 spiro atoms. The Bertz CT molecular complexity index is 412. The fraction of sp³-hybridized carbons (Fsp3) is 0. The Balaban J connectivity index is 3.08. The lowest BCUT2D eigenvalue weighted by Gasteiger charge is -2.03. The molecule has 0 unspecified atom stereocenters. The van der Waals surface area contributed by atoms with Crippen molar-refractivity contribution in [3.63, 3.8) is 0 Å². The smallest absolute Gasteiger partial charge is 0.370 e. The van der Waals surface area contributed by atoms with E-state index in [1.807, 2.05) is 0 Å². The van der Waals surface area contributed by atoms with Gasteiger partial charge in [-0.15, -0.1) is 0 Å². The molecule has 0 aromatic heterocycles. The van der Waals surface area contributed by atoms with Gasteiger partial charge in [-0.25, -0.2) is 0 Å². The van der Waals surface area contributed by atoms with Crippen LogP contribution in [0.4, 0.5) is 0 Å². The number of carbonyl (C=O) groups excluding carboxylic acids is 1. The highest BCUT2D eigenvalue weighted by Gasteiger charge is 2.08. The van der Waals surface area contributed by atoms with Gasteiger partial charge in [-0.2, -0.15) is 13.6 Å². The number of nitrogens with two attached hydrogens (primary N) is 1. The molecule has 0 saturated heterocycles. The van der Waals surface area contributed by atoms with Gasteiger partial charge in [0.05, 0.1) is 5.56 Å². The zero-order chi connectivity index (χ0) is 9.90. The highest BCUT2D eigenvalue weighted by Crippen LogP contribution is 2.16. The van der Waals surface area contributed by atoms with Gasteiger partial charge in [-0.3, -0.25) is 4.79 Å². The molecule has 1 rings (SSSR count). The van der Waals surface area contributed by atoms with Crippen molar-refractivity contribution in [2.24, 2.45) is 5.14 Å². The van der Waals surface area contributed by atoms with Crippen molar-refractivity contribution in [3.05, 3.63) is 29.8 Å². The summed E-state index contributed by atoms with van der Waals surface area (Å²) in [6.07, 6.45) is 0.487. The number of para-hydroxylation sites is 1. The second-order valence-corrected chi connectivity index (χ2v) is 3.38. The van der Waals surface area contributed by atoms with E-state index >= 15 is 0 Å². The second-order valence-electron chi connectivity index (χ2n) is 2.23. The molecule has 5 nitrogen and oxygen atoms in total. The van der Waals surface area contributed by atoms with Crippen LogP contribution in [0, 0.1) is 0 Å². The molecule has 0 aliphatic rings. The van der Waals surface area contributed by atoms with E-state index in [4.69, 9.17) is 0 Å². The number of hydrogen-bond donors (Lipinski definition) is 1. The first kappa shape index (κ1) is 9.69. The van der Waals surface area contributed by atoms with E-state index < -0.39 is 10.3 Å². The zero-order valence-corrected chi connectivity index (χ0v) is 7.32. The molecule has 0 atom stereocenters. The molecule has 0 saturated carbocycles. The average Bonchev–Trinajstić information content (AvgIpc) is 2.02. The second kappa shape index (κ2) is 3.55. The molecule has 0 heterocycles. The van der Waals surface area contributed by atoms with Crippen LogP contribution in [-0.4, -0.2) is 14.7 Å². The summed E-state index contributed by atoms with van der Waals surface area (Å²) in [6, 6.07) is 5.88. The minimum absolute atomic E-state index is 0.0694. The number of rotatable bonds is 3. The van der Waals surface area contributed by atoms with Gasteiger partial charge in [0, 0.05) is 0 Å². The van der Waals surface area contributed by atoms with Crippen LogP contribution in [-0.2, 0) is 10.3 Å². The van der Waals surface area contributed by atoms with Crippen molar-refractivity contribution in [1.82, 2.24) is 0 Å². The van der Waals surface area contributed by atoms with Crippen LogP contribution in [0.1, 0.15) is 10.4 Å². The lowest BCUT2D eigenvalue weighted by Crippen LogP contribution is -2.19. The summed E-state index contributed by atoms with van der Waals surface area (Å²) in [7, 11) is -4.07. The minimum atomic E-state index is -4.07. The third kappa shape index (κ3) is 2.85. The summed E-state index contributed by atoms with van der Waals surface area (Å²) in [4.78, 5) is 10.4. The summed E-state index contributed by atoms with van der Waals surface area (Å²) >= 11 is 0. The predicted octanol–water partition coefficient (Wildman–Crippen LogP) is 0.0814. The van der Waals surface area contributed by atoms with E-state index in [1.165, 1.54) is 18.2 Å². The molecule has 1 aromatic carbocycles. The summed E-state index contributed by atoms with van der Waals surface area (Å²) in [6.45, 7) is 0. The predicted molar refractivity (Wildman–Crippen MR) is 45.6 cm³/mol. The van der Waals surface area contributed by atoms with E-state index in [9.17, 15) is 13.2 Å². The Morgan fingerprint density at radius 1 is 1.31 bits per heavy atom. The van der Waals surface area contributed by atoms with Gasteiger partial charge in [0.2, 0.25) is 0 Å². The summed E-state index contributed by atoms with van der Waals surface area (Å²) in [5.41, 5.74) is 0.136. The molecule has 0 radical (unpaired) electrons. The van der Waals surface area contributed by atoms with Crippen LogP contribution >= 0.6 is 0 Å². The molecule has 0 bridgehead atoms. The van der Waals surface area contributed by atoms with Crippen LogP contribution in [0.2, 0.25) is 0 Å². The van der Waals surface area contributed by atoms with Crippen molar-refractivity contribution in [1.29, 1.82) is 0 Å². The molecular formula is C7H7NO4S. The van der Waals surface area contributed by atoms with Crippen LogP contribution in [0.25, 0.3) is 0 Å². The van der Waals surface area contributed by atoms with Crippen LogP contribution in [0.15, 0.2) is 24.3 Å². The maximum atomic E-state index is 10.5. The molecule has 13 heavy (non-hydrogen) atoms. The maximum Gasteiger partial charge on any atom is 0.380 e. The number of aldehydes is 1. The molecule has 1 aromatic rings. The molecule has 0 aliphatic carbocycles. The highest BCUT2D eigenvalue weighted by atomic mass is 32.2. The van der Waals surface area contributed by atoms with E-state index in [0.29, 0.717) is 6.29 Å². The van der Waals surface area contributed by atoms with Gasteiger partial charge in [0.15, 0.2) is 12.0 Å². The van der Waals surface area contributed by atoms with Crippen LogP contribution in [0.5, 0.6) is 5.75 Å². The van der Waals surface area contributed by atoms with E-state index in [0.717, 1.165) is 0 Å². The minimum Gasteiger partial charge on any atom is -0.370 e. The fourth-order valence-electron chi connectivity index (χ4n) is 0.779. The molecule has 2 N–H and O–H groups in total. The first-order valence-electron chi connectivity index (χ1n) is 3.29. The van der Waals surface area contributed by atoms with Gasteiger partial charge in [-0.1, -0.05) is 12.1 Å². The number of carbonyl (C=O) groups is 1. The first-order chi connectivity index (χ1) is 6.03. The standard InChI is InChI=1S/C7H7NO4S/c8-13(10,11)12-7-4-2-1-3-6(7)5-9/h1-5H,(H2,8,10,11). The van der Waals surface area contributed by atoms with Gasteiger partial charge < -0.3 is 4.18 Å². The molecule has 0 aliphatic heterocycles. The summed E-state index contributed by atoms with van der Waals surface area (Å²) in [5, 5.41) is 4.63. The van der Waals surface area contributed by atoms with Crippen molar-refractivity contribution < 1.29 is 17.4 Å². The maximum absolute atomic E-state index is 10.5. The van der Waals surface area contributed by atoms with Gasteiger partial charge in [0.1, 0.15) is 0 Å². The van der Waals surface area contributed by atoms with E-state index in [1.54, 1.807) is 6.07 Å². The van der Waals surface area contributed by atoms with Gasteiger partial charge >= 0.3 is 10.3 Å². The Morgan fingerprint density at radius 3 is 2.46 bits per heavy atom. The van der Waals surface area contributed by atoms with Crippen LogP contribution in [0.3, 0.4) is 0 Å². The SMILES string of the molecule is NS(=O)(=O)Oc1ccccc1C=O. The van der Waals surface area contributed by atoms with Crippen molar-refractivity contribution in [2.75, 3.05) is 0 Å². The zero-order valence-electron chi connectivity index (χ0n) is 6.51. The number of hydrogen-bond acceptors (Lipinski definition) is 4. The van der Waals surface area contributed by atoms with Crippen molar-refractivity contribution >= 4 is 16.6 Å². The highest BCUT2D eigenvalue weighted by molar-refractivity contribution is 7.84. The normalized spacial score (nSPS) is 10.8. The summed E-state index contributed by atoms with van der Waals surface area (Å²) < 4.78 is 25.4. The Labute approximate surface area is 75.4 Å². The Kier molecular flexibility index (Phi) is 2.64. The fourth-order valence-corrected chi connectivity index (χ4v) is 1.18. The molecule has 6 heteroatoms. The van der Waals surface area contributed by atoms with Crippen molar-refractivity contribution in [2.45, 2.75) is 0 Å². The van der Waals surface area contributed by atoms with Gasteiger partial charge in [-0.05, 0) is 12.1 Å². The Hall–Kier alpha value is -1.40. The monoisotopic (exact) mass is 201 g/mol. The van der Waals surface area contributed by atoms with E-state index in [2.05, 4.69) is 9.32 Å². The first-order valence-corrected chi connectivity index (χ1v) is 4.76. The Morgan fingerprint density at radius 2 is 1.92 bits per heavy atom. The van der Waals surface area contributed by atoms with Gasteiger partial charge in [0.25, 0.3) is 0 Å². The lowest BCUT2D eigenvalue weighted by molar-refractivity contribution is 0.112. The molecule has 0 fully saturated rings. The quantitative estimate of drug-likeness (QED) is 0.701. The molecule has 70 valence electrons. The largest absolute Gasteiger partial charge is 0.380 e. The van der Waals surface area contributed by atoms with Crippen LogP contribution < -0.4 is 9.32 Å².